The van der Waals surface area contributed by atoms with Crippen molar-refractivity contribution >= 4 is 22.6 Å². The summed E-state index contributed by atoms with van der Waals surface area (Å²) in [4.78, 5) is 4.48. The fraction of sp³-hybridized carbons (Fsp3) is 0.100. The van der Waals surface area contributed by atoms with Gasteiger partial charge in [0.15, 0.2) is 0 Å². The summed E-state index contributed by atoms with van der Waals surface area (Å²) in [6, 6.07) is 15.8. The summed E-state index contributed by atoms with van der Waals surface area (Å²) in [6.07, 6.45) is 1.63. The van der Waals surface area contributed by atoms with Gasteiger partial charge in [-0.05, 0) is 55.5 Å². The van der Waals surface area contributed by atoms with Crippen molar-refractivity contribution in [1.29, 1.82) is 5.26 Å². The minimum absolute atomic E-state index is 0.290. The summed E-state index contributed by atoms with van der Waals surface area (Å²) in [5.41, 5.74) is 2.80. The molecule has 0 saturated heterocycles. The second-order valence-corrected chi connectivity index (χ2v) is 6.17. The van der Waals surface area contributed by atoms with Crippen molar-refractivity contribution in [3.63, 3.8) is 0 Å². The lowest BCUT2D eigenvalue weighted by atomic mass is 10.2. The molecule has 0 aliphatic rings. The Morgan fingerprint density at radius 3 is 2.62 bits per heavy atom. The highest BCUT2D eigenvalue weighted by Gasteiger charge is 2.09. The highest BCUT2D eigenvalue weighted by molar-refractivity contribution is 7.11. The van der Waals surface area contributed by atoms with E-state index in [0.717, 1.165) is 17.0 Å². The van der Waals surface area contributed by atoms with E-state index in [-0.39, 0.29) is 5.82 Å². The molecule has 0 unspecified atom stereocenters. The van der Waals surface area contributed by atoms with Gasteiger partial charge in [0.05, 0.1) is 12.3 Å². The number of ether oxygens (including phenoxy) is 1. The smallest absolute Gasteiger partial charge is 0.136 e. The monoisotopic (exact) mass is 365 g/mol. The van der Waals surface area contributed by atoms with Crippen LogP contribution < -0.4 is 10.1 Å². The molecule has 0 amide bonds. The Hall–Kier alpha value is -3.17. The number of rotatable bonds is 6. The summed E-state index contributed by atoms with van der Waals surface area (Å²) in [5.74, 6) is 0.507. The summed E-state index contributed by atoms with van der Waals surface area (Å²) in [7, 11) is 0. The Balaban J connectivity index is 1.75. The maximum absolute atomic E-state index is 13.0. The van der Waals surface area contributed by atoms with E-state index in [9.17, 15) is 9.65 Å². The lowest BCUT2D eigenvalue weighted by Gasteiger charge is -2.05. The van der Waals surface area contributed by atoms with E-state index in [2.05, 4.69) is 16.4 Å². The van der Waals surface area contributed by atoms with Crippen LogP contribution in [0.1, 0.15) is 11.9 Å². The second kappa shape index (κ2) is 8.28. The number of hydrogen-bond donors (Lipinski definition) is 1. The summed E-state index contributed by atoms with van der Waals surface area (Å²) < 4.78 is 18.4. The van der Waals surface area contributed by atoms with E-state index >= 15 is 0 Å². The Labute approximate surface area is 155 Å². The van der Waals surface area contributed by atoms with Gasteiger partial charge in [-0.3, -0.25) is 0 Å². The van der Waals surface area contributed by atoms with E-state index in [1.807, 2.05) is 36.6 Å². The van der Waals surface area contributed by atoms with Crippen LogP contribution in [0.15, 0.2) is 60.1 Å². The average molecular weight is 365 g/mol. The van der Waals surface area contributed by atoms with Gasteiger partial charge in [-0.25, -0.2) is 9.37 Å². The number of allylic oxidation sites excluding steroid dienone is 1. The number of aromatic nitrogens is 1. The number of nitrogens with one attached hydrogen (secondary N) is 1. The van der Waals surface area contributed by atoms with Gasteiger partial charge < -0.3 is 10.1 Å². The molecule has 3 rings (SSSR count). The quantitative estimate of drug-likeness (QED) is 0.600. The molecule has 0 atom stereocenters. The molecule has 3 aromatic rings. The molecule has 26 heavy (non-hydrogen) atoms. The van der Waals surface area contributed by atoms with Crippen LogP contribution in [-0.4, -0.2) is 11.6 Å². The second-order valence-electron chi connectivity index (χ2n) is 5.32. The fourth-order valence-electron chi connectivity index (χ4n) is 2.26. The molecule has 2 aromatic carbocycles. The van der Waals surface area contributed by atoms with Crippen molar-refractivity contribution < 1.29 is 9.13 Å². The Bertz CT molecular complexity index is 940. The number of hydrogen-bond acceptors (Lipinski definition) is 5. The summed E-state index contributed by atoms with van der Waals surface area (Å²) >= 11 is 1.37. The first-order valence-corrected chi connectivity index (χ1v) is 8.89. The first-order chi connectivity index (χ1) is 12.7. The minimum Gasteiger partial charge on any atom is -0.494 e. The van der Waals surface area contributed by atoms with Gasteiger partial charge in [-0.2, -0.15) is 5.26 Å². The largest absolute Gasteiger partial charge is 0.494 e. The molecule has 1 N–H and O–H groups in total. The molecule has 4 nitrogen and oxygen atoms in total. The highest BCUT2D eigenvalue weighted by atomic mass is 32.1. The van der Waals surface area contributed by atoms with Gasteiger partial charge in [0.1, 0.15) is 28.2 Å². The normalized spacial score (nSPS) is 11.0. The van der Waals surface area contributed by atoms with Gasteiger partial charge >= 0.3 is 0 Å². The van der Waals surface area contributed by atoms with E-state index in [4.69, 9.17) is 4.74 Å². The fourth-order valence-corrected chi connectivity index (χ4v) is 3.06. The molecule has 1 aromatic heterocycles. The first-order valence-electron chi connectivity index (χ1n) is 8.01. The van der Waals surface area contributed by atoms with Gasteiger partial charge in [0.2, 0.25) is 0 Å². The third-order valence-electron chi connectivity index (χ3n) is 3.54. The van der Waals surface area contributed by atoms with Crippen LogP contribution in [0.25, 0.3) is 16.8 Å². The van der Waals surface area contributed by atoms with Crippen LogP contribution >= 0.6 is 11.3 Å². The van der Waals surface area contributed by atoms with Crippen LogP contribution in [0.4, 0.5) is 10.1 Å². The average Bonchev–Trinajstić information content (AvgIpc) is 3.14. The van der Waals surface area contributed by atoms with E-state index in [1.165, 1.54) is 23.5 Å². The zero-order valence-corrected chi connectivity index (χ0v) is 14.9. The maximum atomic E-state index is 13.0. The molecule has 0 saturated carbocycles. The number of halogens is 1. The summed E-state index contributed by atoms with van der Waals surface area (Å²) in [6.45, 7) is 2.55. The standard InChI is InChI=1S/C20H16FN3OS/c1-2-25-18-9-7-17(8-10-18)23-12-15(11-22)20-24-19(13-26-20)14-3-5-16(21)6-4-14/h3-10,12-13,23H,2H2,1H3. The molecule has 0 bridgehead atoms. The summed E-state index contributed by atoms with van der Waals surface area (Å²) in [5, 5.41) is 15.0. The molecule has 0 spiro atoms. The number of benzene rings is 2. The van der Waals surface area contributed by atoms with Crippen LogP contribution in [-0.2, 0) is 0 Å². The molecular formula is C20H16FN3OS. The molecule has 0 fully saturated rings. The van der Waals surface area contributed by atoms with Crippen LogP contribution in [0, 0.1) is 17.1 Å². The van der Waals surface area contributed by atoms with Crippen molar-refractivity contribution in [2.24, 2.45) is 0 Å². The number of nitriles is 1. The number of thiazole rings is 1. The lowest BCUT2D eigenvalue weighted by molar-refractivity contribution is 0.340. The zero-order valence-electron chi connectivity index (χ0n) is 14.1. The van der Waals surface area contributed by atoms with Crippen LogP contribution in [0.3, 0.4) is 0 Å². The topological polar surface area (TPSA) is 57.9 Å². The van der Waals surface area contributed by atoms with E-state index < -0.39 is 0 Å². The zero-order chi connectivity index (χ0) is 18.4. The molecule has 0 aliphatic carbocycles. The third-order valence-corrected chi connectivity index (χ3v) is 4.42. The molecule has 0 radical (unpaired) electrons. The van der Waals surface area contributed by atoms with Crippen LogP contribution in [0.2, 0.25) is 0 Å². The Morgan fingerprint density at radius 1 is 1.23 bits per heavy atom. The van der Waals surface area contributed by atoms with Gasteiger partial charge in [0.25, 0.3) is 0 Å². The number of anilines is 1. The Morgan fingerprint density at radius 2 is 1.96 bits per heavy atom. The first kappa shape index (κ1) is 17.6. The minimum atomic E-state index is -0.290. The molecule has 130 valence electrons. The molecular weight excluding hydrogens is 349 g/mol. The van der Waals surface area contributed by atoms with Crippen LogP contribution in [0.5, 0.6) is 5.75 Å². The van der Waals surface area contributed by atoms with Crippen molar-refractivity contribution in [2.75, 3.05) is 11.9 Å². The van der Waals surface area contributed by atoms with Crippen molar-refractivity contribution in [3.05, 3.63) is 70.9 Å². The third kappa shape index (κ3) is 4.26. The Kier molecular flexibility index (Phi) is 5.62. The van der Waals surface area contributed by atoms with Gasteiger partial charge in [-0.15, -0.1) is 11.3 Å². The predicted molar refractivity (Wildman–Crippen MR) is 102 cm³/mol. The van der Waals surface area contributed by atoms with E-state index in [0.29, 0.717) is 22.9 Å². The van der Waals surface area contributed by atoms with Crippen molar-refractivity contribution in [2.45, 2.75) is 6.92 Å². The van der Waals surface area contributed by atoms with E-state index in [1.54, 1.807) is 18.3 Å². The van der Waals surface area contributed by atoms with Gasteiger partial charge in [0, 0.05) is 22.8 Å². The highest BCUT2D eigenvalue weighted by Crippen LogP contribution is 2.26. The predicted octanol–water partition coefficient (Wildman–Crippen LogP) is 5.32. The lowest BCUT2D eigenvalue weighted by Crippen LogP contribution is -1.93. The van der Waals surface area contributed by atoms with Gasteiger partial charge in [-0.1, -0.05) is 0 Å². The SMILES string of the molecule is CCOc1ccc(NC=C(C#N)c2nc(-c3ccc(F)cc3)cs2)cc1. The molecule has 6 heteroatoms. The van der Waals surface area contributed by atoms with Crippen molar-refractivity contribution in [3.8, 4) is 23.1 Å². The molecule has 1 heterocycles. The number of nitrogens with zero attached hydrogens (tertiary/aromatic N) is 2. The molecule has 0 aliphatic heterocycles. The van der Waals surface area contributed by atoms with Crippen molar-refractivity contribution in [1.82, 2.24) is 4.98 Å². The maximum Gasteiger partial charge on any atom is 0.136 e.